The highest BCUT2D eigenvalue weighted by molar-refractivity contribution is 7.88. The summed E-state index contributed by atoms with van der Waals surface area (Å²) in [6.07, 6.45) is 0.979. The van der Waals surface area contributed by atoms with Gasteiger partial charge in [0.25, 0.3) is 0 Å². The number of hydrogen-bond acceptors (Lipinski definition) is 3. The molecule has 0 aromatic heterocycles. The first-order valence-corrected chi connectivity index (χ1v) is 12.2. The van der Waals surface area contributed by atoms with E-state index >= 15 is 0 Å². The summed E-state index contributed by atoms with van der Waals surface area (Å²) in [5.41, 5.74) is 4.58. The van der Waals surface area contributed by atoms with Crippen molar-refractivity contribution in [3.8, 4) is 0 Å². The van der Waals surface area contributed by atoms with Crippen molar-refractivity contribution in [2.75, 3.05) is 18.4 Å². The summed E-state index contributed by atoms with van der Waals surface area (Å²) in [7, 11) is -3.52. The molecule has 1 N–H and O–H groups in total. The van der Waals surface area contributed by atoms with Gasteiger partial charge in [-0.1, -0.05) is 47.0 Å². The Hall–Kier alpha value is -1.60. The van der Waals surface area contributed by atoms with Crippen LogP contribution in [0.25, 0.3) is 0 Å². The highest BCUT2D eigenvalue weighted by Crippen LogP contribution is 2.28. The van der Waals surface area contributed by atoms with Gasteiger partial charge >= 0.3 is 0 Å². The summed E-state index contributed by atoms with van der Waals surface area (Å²) in [4.78, 5) is 12.8. The number of nitrogens with one attached hydrogen (secondary N) is 1. The Morgan fingerprint density at radius 3 is 2.23 bits per heavy atom. The first kappa shape index (κ1) is 23.1. The van der Waals surface area contributed by atoms with Crippen molar-refractivity contribution >= 4 is 44.8 Å². The molecule has 2 aromatic carbocycles. The Kier molecular flexibility index (Phi) is 7.13. The lowest BCUT2D eigenvalue weighted by Crippen LogP contribution is -2.42. The van der Waals surface area contributed by atoms with E-state index in [0.717, 1.165) is 22.4 Å². The molecule has 0 atom stereocenters. The van der Waals surface area contributed by atoms with E-state index in [9.17, 15) is 13.2 Å². The maximum Gasteiger partial charge on any atom is 0.227 e. The lowest BCUT2D eigenvalue weighted by molar-refractivity contribution is -0.120. The molecule has 30 heavy (non-hydrogen) atoms. The van der Waals surface area contributed by atoms with Crippen molar-refractivity contribution < 1.29 is 13.2 Å². The van der Waals surface area contributed by atoms with E-state index in [2.05, 4.69) is 5.32 Å². The number of hydrogen-bond donors (Lipinski definition) is 1. The Labute approximate surface area is 188 Å². The molecule has 1 aliphatic rings. The summed E-state index contributed by atoms with van der Waals surface area (Å²) < 4.78 is 27.1. The molecule has 2 aromatic rings. The van der Waals surface area contributed by atoms with Crippen molar-refractivity contribution in [3.05, 3.63) is 62.6 Å². The van der Waals surface area contributed by atoms with Gasteiger partial charge in [0.15, 0.2) is 0 Å². The number of sulfonamides is 1. The summed E-state index contributed by atoms with van der Waals surface area (Å²) in [6, 6.07) is 8.89. The minimum Gasteiger partial charge on any atom is -0.325 e. The SMILES string of the molecule is Cc1cc(C)c(NC(=O)C2CCN(S(=O)(=O)Cc3ccc(Cl)cc3Cl)CC2)c(C)c1. The molecule has 0 radical (unpaired) electrons. The molecule has 1 saturated heterocycles. The van der Waals surface area contributed by atoms with Crippen LogP contribution in [0.3, 0.4) is 0 Å². The smallest absolute Gasteiger partial charge is 0.227 e. The third-order valence-corrected chi connectivity index (χ3v) is 7.91. The summed E-state index contributed by atoms with van der Waals surface area (Å²) in [5, 5.41) is 3.85. The van der Waals surface area contributed by atoms with Crippen LogP contribution in [0.15, 0.2) is 30.3 Å². The van der Waals surface area contributed by atoms with Gasteiger partial charge in [0, 0.05) is 34.7 Å². The minimum absolute atomic E-state index is 0.0529. The minimum atomic E-state index is -3.52. The van der Waals surface area contributed by atoms with Crippen molar-refractivity contribution in [2.45, 2.75) is 39.4 Å². The molecule has 0 unspecified atom stereocenters. The van der Waals surface area contributed by atoms with Gasteiger partial charge in [0.1, 0.15) is 0 Å². The van der Waals surface area contributed by atoms with Gasteiger partial charge in [-0.05, 0) is 62.4 Å². The average Bonchev–Trinajstić information content (AvgIpc) is 2.67. The van der Waals surface area contributed by atoms with E-state index in [4.69, 9.17) is 23.2 Å². The second kappa shape index (κ2) is 9.27. The number of benzene rings is 2. The highest BCUT2D eigenvalue weighted by Gasteiger charge is 2.31. The third kappa shape index (κ3) is 5.35. The van der Waals surface area contributed by atoms with Crippen LogP contribution >= 0.6 is 23.2 Å². The zero-order chi connectivity index (χ0) is 22.1. The van der Waals surface area contributed by atoms with Gasteiger partial charge in [-0.2, -0.15) is 0 Å². The third-order valence-electron chi connectivity index (χ3n) is 5.50. The number of anilines is 1. The van der Waals surface area contributed by atoms with E-state index in [1.165, 1.54) is 4.31 Å². The van der Waals surface area contributed by atoms with Crippen molar-refractivity contribution in [2.24, 2.45) is 5.92 Å². The van der Waals surface area contributed by atoms with E-state index < -0.39 is 10.0 Å². The number of rotatable bonds is 5. The maximum atomic E-state index is 12.8. The fourth-order valence-electron chi connectivity index (χ4n) is 3.93. The second-order valence-corrected chi connectivity index (χ2v) is 10.7. The Morgan fingerprint density at radius 1 is 1.07 bits per heavy atom. The molecule has 0 saturated carbocycles. The summed E-state index contributed by atoms with van der Waals surface area (Å²) in [6.45, 7) is 6.62. The van der Waals surface area contributed by atoms with Gasteiger partial charge in [0.2, 0.25) is 15.9 Å². The normalized spacial score (nSPS) is 15.9. The monoisotopic (exact) mass is 468 g/mol. The molecule has 3 rings (SSSR count). The average molecular weight is 469 g/mol. The van der Waals surface area contributed by atoms with E-state index in [1.54, 1.807) is 18.2 Å². The quantitative estimate of drug-likeness (QED) is 0.663. The molecule has 1 heterocycles. The standard InChI is InChI=1S/C22H26Cl2N2O3S/c1-14-10-15(2)21(16(3)11-14)25-22(27)17-6-8-26(9-7-17)30(28,29)13-18-4-5-19(23)12-20(18)24/h4-5,10-12,17H,6-9,13H2,1-3H3,(H,25,27). The zero-order valence-corrected chi connectivity index (χ0v) is 19.7. The number of amides is 1. The molecule has 0 aliphatic carbocycles. The van der Waals surface area contributed by atoms with Crippen LogP contribution in [0.5, 0.6) is 0 Å². The topological polar surface area (TPSA) is 66.5 Å². The van der Waals surface area contributed by atoms with Gasteiger partial charge < -0.3 is 5.32 Å². The molecule has 1 amide bonds. The molecule has 0 spiro atoms. The first-order valence-electron chi connectivity index (χ1n) is 9.87. The molecule has 1 aliphatic heterocycles. The Morgan fingerprint density at radius 2 is 1.67 bits per heavy atom. The van der Waals surface area contributed by atoms with Crippen molar-refractivity contribution in [3.63, 3.8) is 0 Å². The largest absolute Gasteiger partial charge is 0.325 e. The van der Waals surface area contributed by atoms with E-state index in [0.29, 0.717) is 41.5 Å². The lowest BCUT2D eigenvalue weighted by Gasteiger charge is -2.31. The first-order chi connectivity index (χ1) is 14.1. The van der Waals surface area contributed by atoms with Crippen LogP contribution in [-0.4, -0.2) is 31.7 Å². The summed E-state index contributed by atoms with van der Waals surface area (Å²) >= 11 is 12.0. The number of halogens is 2. The Bertz CT molecular complexity index is 1040. The van der Waals surface area contributed by atoms with Gasteiger partial charge in [0.05, 0.1) is 5.75 Å². The lowest BCUT2D eigenvalue weighted by atomic mass is 9.96. The van der Waals surface area contributed by atoms with E-state index in [1.807, 2.05) is 32.9 Å². The molecular weight excluding hydrogens is 443 g/mol. The Balaban J connectivity index is 1.62. The molecule has 1 fully saturated rings. The van der Waals surface area contributed by atoms with Gasteiger partial charge in [-0.15, -0.1) is 0 Å². The van der Waals surface area contributed by atoms with Crippen LogP contribution in [0.2, 0.25) is 10.0 Å². The number of piperidine rings is 1. The van der Waals surface area contributed by atoms with Crippen molar-refractivity contribution in [1.82, 2.24) is 4.31 Å². The number of nitrogens with zero attached hydrogens (tertiary/aromatic N) is 1. The molecule has 8 heteroatoms. The highest BCUT2D eigenvalue weighted by atomic mass is 35.5. The number of aryl methyl sites for hydroxylation is 3. The van der Waals surface area contributed by atoms with Crippen LogP contribution in [0.4, 0.5) is 5.69 Å². The number of carbonyl (C=O) groups is 1. The molecule has 5 nitrogen and oxygen atoms in total. The van der Waals surface area contributed by atoms with Crippen LogP contribution in [-0.2, 0) is 20.6 Å². The molecule has 0 bridgehead atoms. The molecular formula is C22H26Cl2N2O3S. The number of carbonyl (C=O) groups excluding carboxylic acids is 1. The second-order valence-electron chi connectivity index (χ2n) is 7.93. The maximum absolute atomic E-state index is 12.8. The van der Waals surface area contributed by atoms with Gasteiger partial charge in [-0.25, -0.2) is 12.7 Å². The van der Waals surface area contributed by atoms with Crippen LogP contribution in [0.1, 0.15) is 35.1 Å². The van der Waals surface area contributed by atoms with Gasteiger partial charge in [-0.3, -0.25) is 4.79 Å². The zero-order valence-electron chi connectivity index (χ0n) is 17.3. The predicted octanol–water partition coefficient (Wildman–Crippen LogP) is 5.10. The fourth-order valence-corrected chi connectivity index (χ4v) is 6.07. The van der Waals surface area contributed by atoms with Crippen LogP contribution in [0, 0.1) is 26.7 Å². The van der Waals surface area contributed by atoms with Crippen LogP contribution < -0.4 is 5.32 Å². The predicted molar refractivity (Wildman–Crippen MR) is 123 cm³/mol. The van der Waals surface area contributed by atoms with Crippen molar-refractivity contribution in [1.29, 1.82) is 0 Å². The summed E-state index contributed by atoms with van der Waals surface area (Å²) in [5.74, 6) is -0.444. The van der Waals surface area contributed by atoms with E-state index in [-0.39, 0.29) is 17.6 Å². The molecule has 162 valence electrons. The fraction of sp³-hybridized carbons (Fsp3) is 0.409.